The number of nitrogens with zero attached hydrogens (tertiary/aromatic N) is 1. The molecule has 34 heavy (non-hydrogen) atoms. The first kappa shape index (κ1) is 23.8. The number of methoxy groups -OCH3 is 1. The van der Waals surface area contributed by atoms with Crippen LogP contribution in [0.25, 0.3) is 11.1 Å². The van der Waals surface area contributed by atoms with Crippen molar-refractivity contribution in [2.24, 2.45) is 5.41 Å². The van der Waals surface area contributed by atoms with E-state index in [1.165, 1.54) is 12.0 Å². The zero-order valence-electron chi connectivity index (χ0n) is 19.3. The number of carbonyl (C=O) groups excluding carboxylic acids is 2. The molecular formula is C26H30N2O6. The molecule has 0 atom stereocenters. The third kappa shape index (κ3) is 4.77. The van der Waals surface area contributed by atoms with Crippen LogP contribution >= 0.6 is 0 Å². The van der Waals surface area contributed by atoms with Crippen LogP contribution in [0.5, 0.6) is 0 Å². The van der Waals surface area contributed by atoms with Gasteiger partial charge in [-0.05, 0) is 35.1 Å². The molecular weight excluding hydrogens is 436 g/mol. The standard InChI is InChI=1S/C26H30N2O6/c1-33-14-13-28(15-23(29)30)24(31)26(11-6-12-26)17-27-25(32)34-16-22-20-9-4-2-7-18(20)19-8-3-5-10-21(19)22/h2-5,7-10,22H,6,11-17H2,1H3,(H,27,32)(H,29,30). The van der Waals surface area contributed by atoms with Crippen LogP contribution in [-0.4, -0.2) is 67.9 Å². The van der Waals surface area contributed by atoms with Gasteiger partial charge in [-0.3, -0.25) is 9.59 Å². The van der Waals surface area contributed by atoms with Crippen molar-refractivity contribution in [3.8, 4) is 11.1 Å². The average Bonchev–Trinajstić information content (AvgIpc) is 3.13. The Balaban J connectivity index is 1.37. The predicted octanol–water partition coefficient (Wildman–Crippen LogP) is 3.26. The van der Waals surface area contributed by atoms with Gasteiger partial charge >= 0.3 is 12.1 Å². The molecule has 2 aliphatic rings. The van der Waals surface area contributed by atoms with Gasteiger partial charge < -0.3 is 24.8 Å². The SMILES string of the molecule is COCCN(CC(=O)O)C(=O)C1(CNC(=O)OCC2c3ccccc3-c3ccccc32)CCC1. The maximum atomic E-state index is 13.2. The summed E-state index contributed by atoms with van der Waals surface area (Å²) in [6, 6.07) is 16.2. The fraction of sp³-hybridized carbons (Fsp3) is 0.423. The molecule has 0 spiro atoms. The van der Waals surface area contributed by atoms with E-state index < -0.39 is 24.0 Å². The first-order valence-corrected chi connectivity index (χ1v) is 11.5. The van der Waals surface area contributed by atoms with Crippen LogP contribution in [0.1, 0.15) is 36.3 Å². The number of carbonyl (C=O) groups is 3. The van der Waals surface area contributed by atoms with E-state index in [2.05, 4.69) is 29.6 Å². The maximum absolute atomic E-state index is 13.2. The lowest BCUT2D eigenvalue weighted by Gasteiger charge is -2.43. The van der Waals surface area contributed by atoms with Gasteiger partial charge in [-0.15, -0.1) is 0 Å². The van der Waals surface area contributed by atoms with Crippen molar-refractivity contribution >= 4 is 18.0 Å². The van der Waals surface area contributed by atoms with Crippen LogP contribution in [0.2, 0.25) is 0 Å². The fourth-order valence-corrected chi connectivity index (χ4v) is 4.91. The number of hydrogen-bond donors (Lipinski definition) is 2. The van der Waals surface area contributed by atoms with E-state index >= 15 is 0 Å². The highest BCUT2D eigenvalue weighted by Crippen LogP contribution is 2.45. The van der Waals surface area contributed by atoms with Crippen molar-refractivity contribution < 1.29 is 29.0 Å². The number of hydrogen-bond acceptors (Lipinski definition) is 5. The molecule has 2 aromatic rings. The molecule has 0 unspecified atom stereocenters. The molecule has 2 N–H and O–H groups in total. The highest BCUT2D eigenvalue weighted by Gasteiger charge is 2.46. The van der Waals surface area contributed by atoms with E-state index in [-0.39, 0.29) is 38.1 Å². The quantitative estimate of drug-likeness (QED) is 0.557. The Kier molecular flexibility index (Phi) is 7.17. The molecule has 8 nitrogen and oxygen atoms in total. The normalized spacial score (nSPS) is 15.6. The van der Waals surface area contributed by atoms with Gasteiger partial charge in [0.1, 0.15) is 13.2 Å². The van der Waals surface area contributed by atoms with Gasteiger partial charge in [0.15, 0.2) is 0 Å². The number of aliphatic carboxylic acids is 1. The topological polar surface area (TPSA) is 105 Å². The summed E-state index contributed by atoms with van der Waals surface area (Å²) in [5.41, 5.74) is 3.77. The Hall–Kier alpha value is -3.39. The molecule has 4 rings (SSSR count). The summed E-state index contributed by atoms with van der Waals surface area (Å²) >= 11 is 0. The number of rotatable bonds is 10. The number of carboxylic acid groups (broad SMARTS) is 1. The minimum Gasteiger partial charge on any atom is -0.480 e. The first-order chi connectivity index (χ1) is 16.4. The molecule has 2 amide bonds. The number of ether oxygens (including phenoxy) is 2. The van der Waals surface area contributed by atoms with Crippen LogP contribution < -0.4 is 5.32 Å². The summed E-state index contributed by atoms with van der Waals surface area (Å²) in [6.45, 7) is 0.351. The van der Waals surface area contributed by atoms with Gasteiger partial charge in [0.2, 0.25) is 5.91 Å². The van der Waals surface area contributed by atoms with E-state index in [9.17, 15) is 19.5 Å². The van der Waals surface area contributed by atoms with Crippen LogP contribution in [-0.2, 0) is 19.1 Å². The number of benzene rings is 2. The van der Waals surface area contributed by atoms with E-state index in [0.29, 0.717) is 12.8 Å². The molecule has 180 valence electrons. The van der Waals surface area contributed by atoms with Crippen molar-refractivity contribution in [2.75, 3.05) is 40.0 Å². The monoisotopic (exact) mass is 466 g/mol. The zero-order valence-corrected chi connectivity index (χ0v) is 19.3. The summed E-state index contributed by atoms with van der Waals surface area (Å²) in [5.74, 6) is -1.39. The van der Waals surface area contributed by atoms with Gasteiger partial charge in [0.05, 0.1) is 12.0 Å². The highest BCUT2D eigenvalue weighted by molar-refractivity contribution is 5.87. The number of nitrogens with one attached hydrogen (secondary N) is 1. The Morgan fingerprint density at radius 1 is 1.06 bits per heavy atom. The van der Waals surface area contributed by atoms with E-state index in [4.69, 9.17) is 9.47 Å². The van der Waals surface area contributed by atoms with Crippen molar-refractivity contribution in [3.63, 3.8) is 0 Å². The molecule has 0 aliphatic heterocycles. The van der Waals surface area contributed by atoms with Crippen LogP contribution in [0.15, 0.2) is 48.5 Å². The minimum absolute atomic E-state index is 0.0439. The third-order valence-corrected chi connectivity index (χ3v) is 6.86. The molecule has 0 saturated heterocycles. The number of fused-ring (bicyclic) bond motifs is 3. The second kappa shape index (κ2) is 10.3. The lowest BCUT2D eigenvalue weighted by Crippen LogP contribution is -2.55. The van der Waals surface area contributed by atoms with Gasteiger partial charge in [0, 0.05) is 26.1 Å². The smallest absolute Gasteiger partial charge is 0.407 e. The molecule has 0 bridgehead atoms. The molecule has 2 aromatic carbocycles. The van der Waals surface area contributed by atoms with Crippen molar-refractivity contribution in [3.05, 3.63) is 59.7 Å². The van der Waals surface area contributed by atoms with Gasteiger partial charge in [-0.25, -0.2) is 4.79 Å². The molecule has 8 heteroatoms. The second-order valence-corrected chi connectivity index (χ2v) is 8.93. The lowest BCUT2D eigenvalue weighted by molar-refractivity contribution is -0.153. The molecule has 0 heterocycles. The Bertz CT molecular complexity index is 1020. The van der Waals surface area contributed by atoms with E-state index in [1.807, 2.05) is 24.3 Å². The summed E-state index contributed by atoms with van der Waals surface area (Å²) in [7, 11) is 1.50. The van der Waals surface area contributed by atoms with Crippen LogP contribution in [0.4, 0.5) is 4.79 Å². The van der Waals surface area contributed by atoms with E-state index in [0.717, 1.165) is 28.7 Å². The number of carboxylic acids is 1. The Morgan fingerprint density at radius 3 is 2.21 bits per heavy atom. The summed E-state index contributed by atoms with van der Waals surface area (Å²) < 4.78 is 10.6. The van der Waals surface area contributed by atoms with Gasteiger partial charge in [-0.2, -0.15) is 0 Å². The first-order valence-electron chi connectivity index (χ1n) is 11.5. The molecule has 2 aliphatic carbocycles. The second-order valence-electron chi connectivity index (χ2n) is 8.93. The zero-order chi connectivity index (χ0) is 24.1. The largest absolute Gasteiger partial charge is 0.480 e. The summed E-state index contributed by atoms with van der Waals surface area (Å²) in [4.78, 5) is 38.3. The fourth-order valence-electron chi connectivity index (χ4n) is 4.91. The van der Waals surface area contributed by atoms with Crippen LogP contribution in [0.3, 0.4) is 0 Å². The lowest BCUT2D eigenvalue weighted by atomic mass is 9.67. The molecule has 0 radical (unpaired) electrons. The highest BCUT2D eigenvalue weighted by atomic mass is 16.5. The molecule has 1 fully saturated rings. The van der Waals surface area contributed by atoms with Crippen LogP contribution in [0, 0.1) is 5.41 Å². The van der Waals surface area contributed by atoms with Crippen molar-refractivity contribution in [1.29, 1.82) is 0 Å². The Labute approximate surface area is 198 Å². The van der Waals surface area contributed by atoms with Crippen molar-refractivity contribution in [2.45, 2.75) is 25.2 Å². The molecule has 0 aromatic heterocycles. The third-order valence-electron chi connectivity index (χ3n) is 6.86. The van der Waals surface area contributed by atoms with Gasteiger partial charge in [0.25, 0.3) is 0 Å². The summed E-state index contributed by atoms with van der Waals surface area (Å²) in [5, 5.41) is 12.0. The summed E-state index contributed by atoms with van der Waals surface area (Å²) in [6.07, 6.45) is 1.46. The predicted molar refractivity (Wildman–Crippen MR) is 125 cm³/mol. The van der Waals surface area contributed by atoms with Gasteiger partial charge in [-0.1, -0.05) is 55.0 Å². The molecule has 1 saturated carbocycles. The van der Waals surface area contributed by atoms with Crippen molar-refractivity contribution in [1.82, 2.24) is 10.2 Å². The Morgan fingerprint density at radius 2 is 1.68 bits per heavy atom. The van der Waals surface area contributed by atoms with E-state index in [1.54, 1.807) is 0 Å². The minimum atomic E-state index is -1.08. The number of amides is 2. The number of alkyl carbamates (subject to hydrolysis) is 1. The average molecular weight is 467 g/mol. The maximum Gasteiger partial charge on any atom is 0.407 e.